The largest absolute Gasteiger partial charge is 0.493 e. The van der Waals surface area contributed by atoms with E-state index in [2.05, 4.69) is 0 Å². The molecule has 36 heavy (non-hydrogen) atoms. The van der Waals surface area contributed by atoms with Crippen LogP contribution in [0, 0.1) is 19.7 Å². The fourth-order valence-corrected chi connectivity index (χ4v) is 4.98. The molecule has 2 heterocycles. The molecule has 6 nitrogen and oxygen atoms in total. The van der Waals surface area contributed by atoms with E-state index >= 15 is 0 Å². The van der Waals surface area contributed by atoms with Crippen LogP contribution in [0.3, 0.4) is 0 Å². The lowest BCUT2D eigenvalue weighted by Gasteiger charge is -2.25. The Morgan fingerprint density at radius 2 is 1.67 bits per heavy atom. The number of benzene rings is 3. The van der Waals surface area contributed by atoms with Gasteiger partial charge in [0.1, 0.15) is 11.4 Å². The van der Waals surface area contributed by atoms with Crippen LogP contribution in [0.1, 0.15) is 44.4 Å². The molecule has 0 radical (unpaired) electrons. The molecule has 184 valence electrons. The van der Waals surface area contributed by atoms with Crippen molar-refractivity contribution in [3.05, 3.63) is 104 Å². The molecule has 3 aromatic carbocycles. The molecule has 1 atom stereocenters. The minimum atomic E-state index is -0.685. The van der Waals surface area contributed by atoms with Crippen molar-refractivity contribution < 1.29 is 23.1 Å². The Morgan fingerprint density at radius 1 is 0.944 bits per heavy atom. The van der Waals surface area contributed by atoms with Crippen LogP contribution < -0.4 is 14.9 Å². The molecule has 1 amide bonds. The second-order valence-corrected chi connectivity index (χ2v) is 9.02. The molecule has 1 aliphatic rings. The number of hydrogen-bond acceptors (Lipinski definition) is 5. The van der Waals surface area contributed by atoms with Crippen LogP contribution in [0.4, 0.5) is 4.39 Å². The average molecular weight is 488 g/mol. The van der Waals surface area contributed by atoms with Crippen LogP contribution in [0.5, 0.6) is 11.5 Å². The van der Waals surface area contributed by atoms with Gasteiger partial charge < -0.3 is 18.8 Å². The number of methoxy groups -OCH3 is 2. The Labute approximate surface area is 207 Å². The lowest BCUT2D eigenvalue weighted by Crippen LogP contribution is -2.31. The highest BCUT2D eigenvalue weighted by Crippen LogP contribution is 2.39. The molecular weight excluding hydrogens is 461 g/mol. The molecule has 0 saturated heterocycles. The number of carbonyl (C=O) groups excluding carboxylic acids is 1. The van der Waals surface area contributed by atoms with Crippen molar-refractivity contribution in [2.45, 2.75) is 26.3 Å². The second kappa shape index (κ2) is 9.15. The van der Waals surface area contributed by atoms with Gasteiger partial charge in [-0.2, -0.15) is 0 Å². The predicted molar refractivity (Wildman–Crippen MR) is 134 cm³/mol. The number of rotatable bonds is 6. The molecule has 4 aromatic rings. The highest BCUT2D eigenvalue weighted by Gasteiger charge is 2.42. The van der Waals surface area contributed by atoms with Gasteiger partial charge in [-0.15, -0.1) is 0 Å². The first-order chi connectivity index (χ1) is 17.3. The summed E-state index contributed by atoms with van der Waals surface area (Å²) in [7, 11) is 3.14. The van der Waals surface area contributed by atoms with Crippen LogP contribution in [-0.4, -0.2) is 31.6 Å². The molecule has 0 aliphatic carbocycles. The van der Waals surface area contributed by atoms with Crippen molar-refractivity contribution in [3.63, 3.8) is 0 Å². The zero-order valence-corrected chi connectivity index (χ0v) is 20.6. The Hall–Kier alpha value is -4.13. The van der Waals surface area contributed by atoms with Crippen molar-refractivity contribution in [2.75, 3.05) is 20.8 Å². The van der Waals surface area contributed by atoms with Crippen molar-refractivity contribution in [1.29, 1.82) is 0 Å². The minimum Gasteiger partial charge on any atom is -0.493 e. The maximum Gasteiger partial charge on any atom is 0.290 e. The Morgan fingerprint density at radius 3 is 2.36 bits per heavy atom. The summed E-state index contributed by atoms with van der Waals surface area (Å²) in [4.78, 5) is 29.0. The van der Waals surface area contributed by atoms with E-state index in [-0.39, 0.29) is 22.7 Å². The highest BCUT2D eigenvalue weighted by molar-refractivity contribution is 5.99. The summed E-state index contributed by atoms with van der Waals surface area (Å²) in [5.74, 6) is 0.495. The van der Waals surface area contributed by atoms with Crippen LogP contribution in [-0.2, 0) is 6.42 Å². The lowest BCUT2D eigenvalue weighted by molar-refractivity contribution is 0.0730. The van der Waals surface area contributed by atoms with E-state index in [1.807, 2.05) is 38.1 Å². The summed E-state index contributed by atoms with van der Waals surface area (Å²) in [5, 5.41) is 0.438. The number of halogens is 1. The maximum atomic E-state index is 13.8. The quantitative estimate of drug-likeness (QED) is 0.367. The lowest BCUT2D eigenvalue weighted by atomic mass is 9.97. The SMILES string of the molecule is COc1ccc(CCN2C(=O)c3oc4c(C)cc(C)cc4c(=O)c3[C@H]2c2ccc(F)cc2)cc1OC. The molecule has 0 N–H and O–H groups in total. The first-order valence-corrected chi connectivity index (χ1v) is 11.7. The molecular formula is C29H26FNO5. The van der Waals surface area contributed by atoms with Gasteiger partial charge in [0.2, 0.25) is 5.76 Å². The number of fused-ring (bicyclic) bond motifs is 2. The normalized spacial score (nSPS) is 14.9. The van der Waals surface area contributed by atoms with E-state index in [0.717, 1.165) is 16.7 Å². The predicted octanol–water partition coefficient (Wildman–Crippen LogP) is 5.35. The molecule has 0 bridgehead atoms. The summed E-state index contributed by atoms with van der Waals surface area (Å²) in [6.45, 7) is 4.09. The van der Waals surface area contributed by atoms with Crippen molar-refractivity contribution in [1.82, 2.24) is 4.90 Å². The van der Waals surface area contributed by atoms with Gasteiger partial charge in [-0.3, -0.25) is 9.59 Å². The van der Waals surface area contributed by atoms with Gasteiger partial charge in [-0.05, 0) is 72.9 Å². The number of aryl methyl sites for hydroxylation is 2. The highest BCUT2D eigenvalue weighted by atomic mass is 19.1. The summed E-state index contributed by atoms with van der Waals surface area (Å²) in [6.07, 6.45) is 0.504. The number of ether oxygens (including phenoxy) is 2. The Balaban J connectivity index is 1.61. The molecule has 0 spiro atoms. The molecule has 0 unspecified atom stereocenters. The fourth-order valence-electron chi connectivity index (χ4n) is 4.98. The summed E-state index contributed by atoms with van der Waals surface area (Å²) >= 11 is 0. The number of hydrogen-bond donors (Lipinski definition) is 0. The minimum absolute atomic E-state index is 0.0427. The van der Waals surface area contributed by atoms with Crippen LogP contribution in [0.15, 0.2) is 63.8 Å². The third kappa shape index (κ3) is 3.90. The zero-order chi connectivity index (χ0) is 25.6. The van der Waals surface area contributed by atoms with Gasteiger partial charge in [0.05, 0.1) is 31.2 Å². The van der Waals surface area contributed by atoms with Gasteiger partial charge >= 0.3 is 0 Å². The number of nitrogens with zero attached hydrogens (tertiary/aromatic N) is 1. The van der Waals surface area contributed by atoms with Crippen LogP contribution >= 0.6 is 0 Å². The summed E-state index contributed by atoms with van der Waals surface area (Å²) < 4.78 is 30.6. The first kappa shape index (κ1) is 23.6. The Bertz CT molecular complexity index is 1540. The molecule has 1 aliphatic heterocycles. The van der Waals surface area contributed by atoms with Gasteiger partial charge in [-0.1, -0.05) is 24.3 Å². The van der Waals surface area contributed by atoms with Gasteiger partial charge in [-0.25, -0.2) is 4.39 Å². The third-order valence-electron chi connectivity index (χ3n) is 6.67. The van der Waals surface area contributed by atoms with Gasteiger partial charge in [0.15, 0.2) is 16.9 Å². The van der Waals surface area contributed by atoms with Crippen LogP contribution in [0.2, 0.25) is 0 Å². The smallest absolute Gasteiger partial charge is 0.290 e. The van der Waals surface area contributed by atoms with Crippen molar-refractivity contribution in [3.8, 4) is 11.5 Å². The monoisotopic (exact) mass is 487 g/mol. The Kier molecular flexibility index (Phi) is 6.00. The summed E-state index contributed by atoms with van der Waals surface area (Å²) in [6, 6.07) is 14.5. The molecule has 0 saturated carbocycles. The number of amides is 1. The topological polar surface area (TPSA) is 69.0 Å². The summed E-state index contributed by atoms with van der Waals surface area (Å²) in [5.41, 5.74) is 3.76. The molecule has 7 heteroatoms. The van der Waals surface area contributed by atoms with Crippen molar-refractivity contribution in [2.24, 2.45) is 0 Å². The van der Waals surface area contributed by atoms with E-state index < -0.39 is 11.9 Å². The standard InChI is InChI=1S/C29H26FNO5/c1-16-13-17(2)27-21(14-16)26(32)24-25(19-6-8-20(30)9-7-19)31(29(33)28(24)36-27)12-11-18-5-10-22(34-3)23(15-18)35-4/h5-10,13-15,25H,11-12H2,1-4H3/t25-/m1/s1. The molecule has 5 rings (SSSR count). The first-order valence-electron chi connectivity index (χ1n) is 11.7. The molecule has 1 aromatic heterocycles. The second-order valence-electron chi connectivity index (χ2n) is 9.02. The van der Waals surface area contributed by atoms with Crippen LogP contribution in [0.25, 0.3) is 11.0 Å². The van der Waals surface area contributed by atoms with E-state index in [0.29, 0.717) is 41.0 Å². The van der Waals surface area contributed by atoms with E-state index in [9.17, 15) is 14.0 Å². The zero-order valence-electron chi connectivity index (χ0n) is 20.6. The third-order valence-corrected chi connectivity index (χ3v) is 6.67. The van der Waals surface area contributed by atoms with Gasteiger partial charge in [0, 0.05) is 6.54 Å². The average Bonchev–Trinajstić information content (AvgIpc) is 3.15. The fraction of sp³-hybridized carbons (Fsp3) is 0.241. The van der Waals surface area contributed by atoms with E-state index in [1.54, 1.807) is 37.3 Å². The van der Waals surface area contributed by atoms with E-state index in [4.69, 9.17) is 13.9 Å². The van der Waals surface area contributed by atoms with Gasteiger partial charge in [0.25, 0.3) is 5.91 Å². The van der Waals surface area contributed by atoms with E-state index in [1.165, 1.54) is 12.1 Å². The maximum absolute atomic E-state index is 13.8. The molecule has 0 fully saturated rings. The van der Waals surface area contributed by atoms with Crippen molar-refractivity contribution >= 4 is 16.9 Å². The number of carbonyl (C=O) groups is 1.